The van der Waals surface area contributed by atoms with E-state index >= 15 is 0 Å². The highest BCUT2D eigenvalue weighted by Gasteiger charge is 2.44. The molecule has 2 aliphatic heterocycles. The molecule has 3 heterocycles. The fourth-order valence-corrected chi connectivity index (χ4v) is 9.03. The molecule has 0 fully saturated rings. The Hall–Kier alpha value is -6.00. The molecule has 10 rings (SSSR count). The first-order chi connectivity index (χ1) is 26.1. The van der Waals surface area contributed by atoms with Gasteiger partial charge < -0.3 is 14.4 Å². The predicted molar refractivity (Wildman–Crippen MR) is 232 cm³/mol. The molecule has 0 bridgehead atoms. The molecule has 0 unspecified atom stereocenters. The minimum atomic E-state index is 0.00808. The van der Waals surface area contributed by atoms with Crippen LogP contribution in [0.1, 0.15) is 52.7 Å². The zero-order valence-corrected chi connectivity index (χ0v) is 31.9. The lowest BCUT2D eigenvalue weighted by molar-refractivity contribution is 0.590. The summed E-state index contributed by atoms with van der Waals surface area (Å²) in [7, 11) is 0. The molecule has 0 saturated heterocycles. The molecular formula is C50H44BN3. The van der Waals surface area contributed by atoms with Crippen LogP contribution < -0.4 is 26.2 Å². The van der Waals surface area contributed by atoms with Gasteiger partial charge in [0.2, 0.25) is 0 Å². The van der Waals surface area contributed by atoms with Crippen LogP contribution >= 0.6 is 0 Å². The minimum absolute atomic E-state index is 0.00808. The molecule has 2 aliphatic rings. The SMILES string of the molecule is CC(C)(C)c1ccc2c(c1)c1cc(C(C)(C)C)ccc1n2-c1cccc2c1B1c3ccccc3N(c3ccccc3)c3cccc(c31)N2c1ccccc1. The number of fused-ring (bicyclic) bond motifs is 7. The van der Waals surface area contributed by atoms with Crippen LogP contribution in [-0.2, 0) is 10.8 Å². The average molecular weight is 698 g/mol. The maximum atomic E-state index is 2.56. The van der Waals surface area contributed by atoms with Gasteiger partial charge in [0.15, 0.2) is 0 Å². The maximum Gasteiger partial charge on any atom is 0.254 e. The van der Waals surface area contributed by atoms with E-state index in [1.54, 1.807) is 0 Å². The van der Waals surface area contributed by atoms with Crippen molar-refractivity contribution in [2.24, 2.45) is 0 Å². The van der Waals surface area contributed by atoms with Gasteiger partial charge in [0.1, 0.15) is 0 Å². The van der Waals surface area contributed by atoms with Gasteiger partial charge in [0.05, 0.1) is 11.0 Å². The van der Waals surface area contributed by atoms with Crippen molar-refractivity contribution in [1.29, 1.82) is 0 Å². The lowest BCUT2D eigenvalue weighted by atomic mass is 9.33. The summed E-state index contributed by atoms with van der Waals surface area (Å²) in [5, 5.41) is 2.61. The van der Waals surface area contributed by atoms with Crippen LogP contribution in [0.2, 0.25) is 0 Å². The van der Waals surface area contributed by atoms with Crippen molar-refractivity contribution in [2.45, 2.75) is 52.4 Å². The summed E-state index contributed by atoms with van der Waals surface area (Å²) in [6, 6.07) is 58.9. The van der Waals surface area contributed by atoms with Crippen LogP contribution in [0.4, 0.5) is 34.1 Å². The van der Waals surface area contributed by atoms with Gasteiger partial charge in [-0.05, 0) is 117 Å². The predicted octanol–water partition coefficient (Wildman–Crippen LogP) is 11.5. The normalized spacial score (nSPS) is 13.6. The topological polar surface area (TPSA) is 11.4 Å². The van der Waals surface area contributed by atoms with Crippen LogP contribution in [0.15, 0.2) is 158 Å². The second-order valence-corrected chi connectivity index (χ2v) is 17.1. The Morgan fingerprint density at radius 2 is 0.796 bits per heavy atom. The van der Waals surface area contributed by atoms with E-state index in [2.05, 4.69) is 214 Å². The number of benzene rings is 7. The second-order valence-electron chi connectivity index (χ2n) is 17.1. The van der Waals surface area contributed by atoms with Gasteiger partial charge in [0, 0.05) is 50.6 Å². The van der Waals surface area contributed by atoms with Gasteiger partial charge in [-0.15, -0.1) is 0 Å². The first-order valence-corrected chi connectivity index (χ1v) is 19.2. The monoisotopic (exact) mass is 697 g/mol. The van der Waals surface area contributed by atoms with E-state index in [9.17, 15) is 0 Å². The Morgan fingerprint density at radius 1 is 0.389 bits per heavy atom. The summed E-state index contributed by atoms with van der Waals surface area (Å²) in [6.07, 6.45) is 0. The molecule has 3 nitrogen and oxygen atoms in total. The Labute approximate surface area is 319 Å². The number of nitrogens with zero attached hydrogens (tertiary/aromatic N) is 3. The van der Waals surface area contributed by atoms with Crippen LogP contribution in [0, 0.1) is 0 Å². The fourth-order valence-electron chi connectivity index (χ4n) is 9.03. The molecule has 0 aliphatic carbocycles. The van der Waals surface area contributed by atoms with E-state index < -0.39 is 0 Å². The van der Waals surface area contributed by atoms with Crippen LogP contribution in [0.3, 0.4) is 0 Å². The third-order valence-electron chi connectivity index (χ3n) is 11.7. The molecular weight excluding hydrogens is 653 g/mol. The van der Waals surface area contributed by atoms with Crippen molar-refractivity contribution in [3.05, 3.63) is 169 Å². The number of anilines is 6. The summed E-state index contributed by atoms with van der Waals surface area (Å²) >= 11 is 0. The maximum absolute atomic E-state index is 2.56. The number of hydrogen-bond acceptors (Lipinski definition) is 2. The molecule has 8 aromatic rings. The molecule has 0 amide bonds. The molecule has 54 heavy (non-hydrogen) atoms. The molecule has 0 N–H and O–H groups in total. The van der Waals surface area contributed by atoms with Crippen molar-refractivity contribution < 1.29 is 0 Å². The quantitative estimate of drug-likeness (QED) is 0.170. The van der Waals surface area contributed by atoms with E-state index in [4.69, 9.17) is 0 Å². The Balaban J connectivity index is 1.34. The summed E-state index contributed by atoms with van der Waals surface area (Å²) in [5.41, 5.74) is 17.6. The zero-order valence-electron chi connectivity index (χ0n) is 31.9. The van der Waals surface area contributed by atoms with E-state index in [1.807, 2.05) is 0 Å². The highest BCUT2D eigenvalue weighted by Crippen LogP contribution is 2.45. The van der Waals surface area contributed by atoms with Gasteiger partial charge in [-0.25, -0.2) is 0 Å². The third kappa shape index (κ3) is 4.82. The summed E-state index contributed by atoms with van der Waals surface area (Å²) < 4.78 is 2.56. The van der Waals surface area contributed by atoms with Gasteiger partial charge in [-0.3, -0.25) is 0 Å². The Morgan fingerprint density at radius 3 is 1.30 bits per heavy atom. The van der Waals surface area contributed by atoms with Gasteiger partial charge in [0.25, 0.3) is 6.71 Å². The Bertz CT molecular complexity index is 2660. The lowest BCUT2D eigenvalue weighted by Gasteiger charge is -2.44. The zero-order chi connectivity index (χ0) is 36.9. The Kier molecular flexibility index (Phi) is 7.10. The van der Waals surface area contributed by atoms with Crippen molar-refractivity contribution in [3.8, 4) is 5.69 Å². The molecule has 0 spiro atoms. The molecule has 0 radical (unpaired) electrons. The van der Waals surface area contributed by atoms with E-state index in [1.165, 1.54) is 77.8 Å². The minimum Gasteiger partial charge on any atom is -0.311 e. The summed E-state index contributed by atoms with van der Waals surface area (Å²) in [6.45, 7) is 13.9. The van der Waals surface area contributed by atoms with Gasteiger partial charge >= 0.3 is 0 Å². The molecule has 0 saturated carbocycles. The molecule has 4 heteroatoms. The smallest absolute Gasteiger partial charge is 0.254 e. The van der Waals surface area contributed by atoms with Crippen molar-refractivity contribution >= 4 is 79.0 Å². The van der Waals surface area contributed by atoms with Crippen molar-refractivity contribution in [2.75, 3.05) is 9.80 Å². The average Bonchev–Trinajstić information content (AvgIpc) is 3.50. The number of rotatable bonds is 3. The standard InChI is InChI=1S/C50H44BN3/c1-49(2,3)33-27-29-40-37(31-33)38-32-34(50(4,5)6)28-30-41(38)54(40)46-26-16-25-45-48(46)51-39-21-13-14-22-42(39)52(35-17-9-7-10-18-35)43-23-15-24-44(47(43)51)53(45)36-19-11-8-12-20-36/h7-32H,1-6H3. The van der Waals surface area contributed by atoms with E-state index in [-0.39, 0.29) is 17.5 Å². The fraction of sp³-hybridized carbons (Fsp3) is 0.160. The highest BCUT2D eigenvalue weighted by molar-refractivity contribution is 7.01. The van der Waals surface area contributed by atoms with Crippen molar-refractivity contribution in [3.63, 3.8) is 0 Å². The number of aromatic nitrogens is 1. The number of para-hydroxylation sites is 3. The summed E-state index contributed by atoms with van der Waals surface area (Å²) in [5.74, 6) is 0. The number of hydrogen-bond donors (Lipinski definition) is 0. The van der Waals surface area contributed by atoms with E-state index in [0.29, 0.717) is 0 Å². The largest absolute Gasteiger partial charge is 0.311 e. The summed E-state index contributed by atoms with van der Waals surface area (Å²) in [4.78, 5) is 4.96. The molecule has 1 aromatic heterocycles. The van der Waals surface area contributed by atoms with Crippen LogP contribution in [-0.4, -0.2) is 11.3 Å². The first-order valence-electron chi connectivity index (χ1n) is 19.2. The van der Waals surface area contributed by atoms with Crippen molar-refractivity contribution in [1.82, 2.24) is 4.57 Å². The van der Waals surface area contributed by atoms with Gasteiger partial charge in [-0.2, -0.15) is 0 Å². The third-order valence-corrected chi connectivity index (χ3v) is 11.7. The lowest BCUT2D eigenvalue weighted by Crippen LogP contribution is -2.62. The molecule has 7 aromatic carbocycles. The van der Waals surface area contributed by atoms with Crippen LogP contribution in [0.5, 0.6) is 0 Å². The van der Waals surface area contributed by atoms with E-state index in [0.717, 1.165) is 11.4 Å². The second kappa shape index (κ2) is 11.8. The first kappa shape index (κ1) is 32.6. The van der Waals surface area contributed by atoms with Gasteiger partial charge in [-0.1, -0.05) is 120 Å². The molecule has 262 valence electrons. The molecule has 0 atom stereocenters. The van der Waals surface area contributed by atoms with Crippen LogP contribution in [0.25, 0.3) is 27.5 Å². The highest BCUT2D eigenvalue weighted by atomic mass is 15.2.